The van der Waals surface area contributed by atoms with Gasteiger partial charge in [-0.25, -0.2) is 14.2 Å². The highest BCUT2D eigenvalue weighted by Crippen LogP contribution is 2.36. The van der Waals surface area contributed by atoms with E-state index in [0.29, 0.717) is 36.9 Å². The molecule has 2 amide bonds. The van der Waals surface area contributed by atoms with E-state index in [9.17, 15) is 14.0 Å². The third-order valence-electron chi connectivity index (χ3n) is 6.77. The molecule has 216 valence electrons. The van der Waals surface area contributed by atoms with Crippen molar-refractivity contribution >= 4 is 35.3 Å². The van der Waals surface area contributed by atoms with E-state index in [0.717, 1.165) is 0 Å². The molecule has 2 aromatic rings. The van der Waals surface area contributed by atoms with E-state index in [1.165, 1.54) is 6.07 Å². The van der Waals surface area contributed by atoms with Crippen LogP contribution in [-0.2, 0) is 9.53 Å². The molecule has 8 nitrogen and oxygen atoms in total. The van der Waals surface area contributed by atoms with Crippen LogP contribution >= 0.6 is 11.6 Å². The number of rotatable bonds is 2. The number of anilines is 1. The molecule has 0 N–H and O–H groups in total. The molecule has 1 fully saturated rings. The van der Waals surface area contributed by atoms with E-state index in [-0.39, 0.29) is 52.3 Å². The van der Waals surface area contributed by atoms with Crippen LogP contribution in [0.2, 0.25) is 5.02 Å². The van der Waals surface area contributed by atoms with Gasteiger partial charge in [-0.05, 0) is 58.2 Å². The van der Waals surface area contributed by atoms with Crippen molar-refractivity contribution in [3.8, 4) is 11.3 Å². The van der Waals surface area contributed by atoms with Crippen molar-refractivity contribution in [3.63, 3.8) is 0 Å². The highest BCUT2D eigenvalue weighted by molar-refractivity contribution is 6.33. The van der Waals surface area contributed by atoms with Gasteiger partial charge in [0.25, 0.3) is 0 Å². The van der Waals surface area contributed by atoms with Crippen LogP contribution in [0.3, 0.4) is 0 Å². The number of amidine groups is 1. The molecule has 0 unspecified atom stereocenters. The lowest BCUT2D eigenvalue weighted by molar-refractivity contribution is -0.117. The summed E-state index contributed by atoms with van der Waals surface area (Å²) in [5.41, 5.74) is 0.288. The number of nitrogens with zero attached hydrogens (tertiary/aromatic N) is 5. The monoisotopic (exact) mass is 571 g/mol. The van der Waals surface area contributed by atoms with E-state index in [4.69, 9.17) is 26.3 Å². The summed E-state index contributed by atoms with van der Waals surface area (Å²) in [6.45, 7) is 16.8. The van der Waals surface area contributed by atoms with Crippen LogP contribution in [0.4, 0.5) is 15.0 Å². The van der Waals surface area contributed by atoms with E-state index in [1.54, 1.807) is 34.1 Å². The number of hydrogen-bond donors (Lipinski definition) is 0. The minimum atomic E-state index is -0.600. The summed E-state index contributed by atoms with van der Waals surface area (Å²) >= 11 is 6.76. The topological polar surface area (TPSA) is 78.3 Å². The lowest BCUT2D eigenvalue weighted by Crippen LogP contribution is -2.60. The van der Waals surface area contributed by atoms with Crippen molar-refractivity contribution in [1.29, 1.82) is 0 Å². The van der Waals surface area contributed by atoms with Crippen LogP contribution in [0.25, 0.3) is 11.3 Å². The highest BCUT2D eigenvalue weighted by Gasteiger charge is 2.39. The first-order chi connectivity index (χ1) is 18.6. The molecule has 0 radical (unpaired) electrons. The first-order valence-electron chi connectivity index (χ1n) is 13.6. The van der Waals surface area contributed by atoms with Gasteiger partial charge in [0.1, 0.15) is 29.6 Å². The smallest absolute Gasteiger partial charge is 0.410 e. The Morgan fingerprint density at radius 2 is 1.75 bits per heavy atom. The molecular formula is C30H39ClFN5O3. The third kappa shape index (κ3) is 6.40. The molecule has 1 aromatic carbocycles. The number of benzene rings is 1. The fourth-order valence-electron chi connectivity index (χ4n) is 5.00. The van der Waals surface area contributed by atoms with Crippen LogP contribution in [0.1, 0.15) is 61.0 Å². The second kappa shape index (κ2) is 11.0. The number of aliphatic imine (C=N–C) groups is 1. The van der Waals surface area contributed by atoms with Crippen molar-refractivity contribution < 1.29 is 18.7 Å². The van der Waals surface area contributed by atoms with Crippen molar-refractivity contribution in [1.82, 2.24) is 14.8 Å². The second-order valence-electron chi connectivity index (χ2n) is 12.8. The summed E-state index contributed by atoms with van der Waals surface area (Å²) in [5, 5.41) is 0.259. The predicted octanol–water partition coefficient (Wildman–Crippen LogP) is 6.01. The van der Waals surface area contributed by atoms with Crippen LogP contribution in [0.15, 0.2) is 35.3 Å². The van der Waals surface area contributed by atoms with Crippen molar-refractivity contribution in [3.05, 3.63) is 46.7 Å². The van der Waals surface area contributed by atoms with Crippen molar-refractivity contribution in [2.75, 3.05) is 31.1 Å². The molecule has 1 saturated heterocycles. The average Bonchev–Trinajstić information content (AvgIpc) is 2.95. The molecule has 0 spiro atoms. The number of fused-ring (bicyclic) bond motifs is 1. The fraction of sp³-hybridized carbons (Fsp3) is 0.533. The Hall–Kier alpha value is -3.20. The molecule has 0 aliphatic carbocycles. The van der Waals surface area contributed by atoms with Gasteiger partial charge in [0.15, 0.2) is 0 Å². The van der Waals surface area contributed by atoms with Gasteiger partial charge in [0.05, 0.1) is 16.3 Å². The fourth-order valence-corrected chi connectivity index (χ4v) is 5.26. The zero-order valence-corrected chi connectivity index (χ0v) is 25.3. The van der Waals surface area contributed by atoms with E-state index in [2.05, 4.69) is 4.90 Å². The number of piperazine rings is 1. The SMILES string of the molecule is C[C@@H]1CN(C2=NCC(=O)N(CC(C)(C)C)c3nc(-c4ccccc4F)c(Cl)cc32)[C@@H](C)CN1C(=O)OC(C)(C)C. The zero-order chi connectivity index (χ0) is 29.6. The Kier molecular flexibility index (Phi) is 8.18. The number of pyridine rings is 1. The van der Waals surface area contributed by atoms with Crippen molar-refractivity contribution in [2.45, 2.75) is 73.1 Å². The Morgan fingerprint density at radius 3 is 2.38 bits per heavy atom. The van der Waals surface area contributed by atoms with Gasteiger partial charge in [0.2, 0.25) is 5.91 Å². The summed E-state index contributed by atoms with van der Waals surface area (Å²) in [6, 6.07) is 7.73. The van der Waals surface area contributed by atoms with E-state index in [1.807, 2.05) is 55.4 Å². The summed E-state index contributed by atoms with van der Waals surface area (Å²) in [6.07, 6.45) is -0.361. The van der Waals surface area contributed by atoms with Gasteiger partial charge in [-0.3, -0.25) is 14.7 Å². The lowest BCUT2D eigenvalue weighted by atomic mass is 9.95. The zero-order valence-electron chi connectivity index (χ0n) is 24.6. The Bertz CT molecular complexity index is 1330. The average molecular weight is 572 g/mol. The number of aromatic nitrogens is 1. The van der Waals surface area contributed by atoms with Crippen LogP contribution in [0.5, 0.6) is 0 Å². The highest BCUT2D eigenvalue weighted by atomic mass is 35.5. The molecule has 0 saturated carbocycles. The third-order valence-corrected chi connectivity index (χ3v) is 7.05. The first kappa shape index (κ1) is 29.8. The minimum absolute atomic E-state index is 0.0677. The van der Waals surface area contributed by atoms with Crippen molar-refractivity contribution in [2.24, 2.45) is 10.4 Å². The molecular weight excluding hydrogens is 533 g/mol. The van der Waals surface area contributed by atoms with Crippen LogP contribution < -0.4 is 4.90 Å². The quantitative estimate of drug-likeness (QED) is 0.441. The normalized spacial score (nSPS) is 20.2. The number of ether oxygens (including phenoxy) is 1. The maximum Gasteiger partial charge on any atom is 0.410 e. The van der Waals surface area contributed by atoms with E-state index < -0.39 is 11.4 Å². The molecule has 2 aliphatic heterocycles. The minimum Gasteiger partial charge on any atom is -0.444 e. The van der Waals surface area contributed by atoms with Gasteiger partial charge in [0, 0.05) is 37.3 Å². The Morgan fingerprint density at radius 1 is 1.07 bits per heavy atom. The number of carbonyl (C=O) groups excluding carboxylic acids is 2. The summed E-state index contributed by atoms with van der Waals surface area (Å²) < 4.78 is 20.5. The predicted molar refractivity (Wildman–Crippen MR) is 156 cm³/mol. The molecule has 0 bridgehead atoms. The molecule has 4 rings (SSSR count). The molecule has 2 atom stereocenters. The molecule has 3 heterocycles. The number of halogens is 2. The molecule has 2 aliphatic rings. The number of hydrogen-bond acceptors (Lipinski definition) is 6. The first-order valence-corrected chi connectivity index (χ1v) is 14.0. The summed E-state index contributed by atoms with van der Waals surface area (Å²) in [7, 11) is 0. The van der Waals surface area contributed by atoms with Crippen LogP contribution in [-0.4, -0.2) is 76.5 Å². The largest absolute Gasteiger partial charge is 0.444 e. The van der Waals surface area contributed by atoms with Gasteiger partial charge in [-0.15, -0.1) is 0 Å². The van der Waals surface area contributed by atoms with Gasteiger partial charge in [-0.2, -0.15) is 0 Å². The summed E-state index contributed by atoms with van der Waals surface area (Å²) in [5.74, 6) is 0.327. The maximum atomic E-state index is 14.8. The van der Waals surface area contributed by atoms with Gasteiger partial charge >= 0.3 is 6.09 Å². The molecule has 1 aromatic heterocycles. The number of carbonyl (C=O) groups is 2. The lowest BCUT2D eigenvalue weighted by Gasteiger charge is -2.45. The molecule has 40 heavy (non-hydrogen) atoms. The standard InChI is InChI=1S/C30H39ClFN5O3/c1-18-16-36(28(39)40-30(6,7)8)19(2)15-35(18)26-21-13-22(31)25(20-11-9-10-12-23(20)32)34-27(21)37(17-29(3,4)5)24(38)14-33-26/h9-13,18-19H,14-17H2,1-8H3/t18-,19+/m0/s1. The van der Waals surface area contributed by atoms with Gasteiger partial charge < -0.3 is 14.5 Å². The second-order valence-corrected chi connectivity index (χ2v) is 13.2. The Balaban J connectivity index is 1.79. The Labute approximate surface area is 241 Å². The van der Waals surface area contributed by atoms with E-state index >= 15 is 0 Å². The molecule has 10 heteroatoms. The maximum absolute atomic E-state index is 14.8. The number of amides is 2. The summed E-state index contributed by atoms with van der Waals surface area (Å²) in [4.78, 5) is 41.5. The van der Waals surface area contributed by atoms with Crippen LogP contribution in [0, 0.1) is 11.2 Å². The van der Waals surface area contributed by atoms with Gasteiger partial charge in [-0.1, -0.05) is 44.5 Å².